The summed E-state index contributed by atoms with van der Waals surface area (Å²) in [4.78, 5) is 11.4. The molecule has 3 rings (SSSR count). The van der Waals surface area contributed by atoms with Crippen LogP contribution in [0.3, 0.4) is 0 Å². The van der Waals surface area contributed by atoms with Crippen molar-refractivity contribution in [3.05, 3.63) is 52.4 Å². The van der Waals surface area contributed by atoms with E-state index >= 15 is 0 Å². The predicted molar refractivity (Wildman–Crippen MR) is 114 cm³/mol. The molecule has 29 heavy (non-hydrogen) atoms. The van der Waals surface area contributed by atoms with Crippen LogP contribution in [-0.2, 0) is 0 Å². The number of fused-ring (bicyclic) bond motifs is 1. The SMILES string of the molecule is CC(=CCOc1ccc2ccc(=O)oc2c1)CC[C@@H]1C(C)(C)[C@H](O)CC[C@@]1(C)O. The smallest absolute Gasteiger partial charge is 0.336 e. The Hall–Kier alpha value is -2.11. The van der Waals surface area contributed by atoms with Crippen molar-refractivity contribution in [3.8, 4) is 5.75 Å². The highest BCUT2D eigenvalue weighted by Gasteiger charge is 2.49. The van der Waals surface area contributed by atoms with E-state index in [1.54, 1.807) is 12.1 Å². The van der Waals surface area contributed by atoms with E-state index in [9.17, 15) is 15.0 Å². The van der Waals surface area contributed by atoms with Crippen molar-refractivity contribution in [1.82, 2.24) is 0 Å². The van der Waals surface area contributed by atoms with Gasteiger partial charge in [0.15, 0.2) is 0 Å². The maximum Gasteiger partial charge on any atom is 0.336 e. The van der Waals surface area contributed by atoms with E-state index in [-0.39, 0.29) is 23.1 Å². The first-order chi connectivity index (χ1) is 13.6. The molecule has 0 spiro atoms. The molecule has 1 heterocycles. The summed E-state index contributed by atoms with van der Waals surface area (Å²) in [5.74, 6) is 0.682. The van der Waals surface area contributed by atoms with Gasteiger partial charge in [-0.1, -0.05) is 19.4 Å². The summed E-state index contributed by atoms with van der Waals surface area (Å²) in [6.45, 7) is 8.48. The highest BCUT2D eigenvalue weighted by molar-refractivity contribution is 5.77. The van der Waals surface area contributed by atoms with Gasteiger partial charge in [0.25, 0.3) is 0 Å². The van der Waals surface area contributed by atoms with Crippen LogP contribution in [0.2, 0.25) is 0 Å². The summed E-state index contributed by atoms with van der Waals surface area (Å²) in [6.07, 6.45) is 4.59. The third-order valence-electron chi connectivity index (χ3n) is 6.54. The van der Waals surface area contributed by atoms with Crippen molar-refractivity contribution in [2.45, 2.75) is 65.1 Å². The van der Waals surface area contributed by atoms with Gasteiger partial charge in [0.2, 0.25) is 0 Å². The van der Waals surface area contributed by atoms with Crippen molar-refractivity contribution in [2.75, 3.05) is 6.61 Å². The molecule has 1 aromatic heterocycles. The average molecular weight is 401 g/mol. The Morgan fingerprint density at radius 2 is 2.00 bits per heavy atom. The molecule has 5 nitrogen and oxygen atoms in total. The van der Waals surface area contributed by atoms with Gasteiger partial charge in [-0.05, 0) is 75.1 Å². The molecule has 1 aliphatic rings. The quantitative estimate of drug-likeness (QED) is 0.553. The molecule has 0 bridgehead atoms. The van der Waals surface area contributed by atoms with Gasteiger partial charge in [-0.15, -0.1) is 0 Å². The topological polar surface area (TPSA) is 79.9 Å². The molecule has 0 amide bonds. The standard InChI is InChI=1S/C24H32O5/c1-16(5-9-20-23(2,3)21(25)11-13-24(20,4)27)12-14-28-18-8-6-17-7-10-22(26)29-19(17)15-18/h6-8,10,12,15,20-21,25,27H,5,9,11,13-14H2,1-4H3/t20-,21-,24-/m1/s1. The summed E-state index contributed by atoms with van der Waals surface area (Å²) in [6, 6.07) is 8.58. The molecule has 158 valence electrons. The molecule has 2 N–H and O–H groups in total. The van der Waals surface area contributed by atoms with E-state index in [1.807, 2.05) is 25.1 Å². The van der Waals surface area contributed by atoms with Crippen molar-refractivity contribution in [1.29, 1.82) is 0 Å². The van der Waals surface area contributed by atoms with E-state index in [1.165, 1.54) is 11.6 Å². The fourth-order valence-electron chi connectivity index (χ4n) is 4.58. The predicted octanol–water partition coefficient (Wildman–Crippen LogP) is 4.45. The van der Waals surface area contributed by atoms with Crippen LogP contribution in [0.5, 0.6) is 5.75 Å². The second-order valence-corrected chi connectivity index (χ2v) is 9.14. The second kappa shape index (κ2) is 8.33. The first-order valence-corrected chi connectivity index (χ1v) is 10.3. The third kappa shape index (κ3) is 4.90. The highest BCUT2D eigenvalue weighted by atomic mass is 16.5. The minimum Gasteiger partial charge on any atom is -0.489 e. The van der Waals surface area contributed by atoms with Gasteiger partial charge in [0.05, 0.1) is 11.7 Å². The monoisotopic (exact) mass is 400 g/mol. The van der Waals surface area contributed by atoms with E-state index in [4.69, 9.17) is 9.15 Å². The second-order valence-electron chi connectivity index (χ2n) is 9.14. The zero-order chi connectivity index (χ0) is 21.2. The molecule has 0 unspecified atom stereocenters. The van der Waals surface area contributed by atoms with Gasteiger partial charge < -0.3 is 19.4 Å². The normalized spacial score (nSPS) is 27.2. The van der Waals surface area contributed by atoms with Gasteiger partial charge in [-0.3, -0.25) is 0 Å². The summed E-state index contributed by atoms with van der Waals surface area (Å²) in [7, 11) is 0. The van der Waals surface area contributed by atoms with Crippen LogP contribution in [0, 0.1) is 11.3 Å². The van der Waals surface area contributed by atoms with Crippen LogP contribution in [0.25, 0.3) is 11.0 Å². The fraction of sp³-hybridized carbons (Fsp3) is 0.542. The molecule has 5 heteroatoms. The average Bonchev–Trinajstić information content (AvgIpc) is 2.64. The van der Waals surface area contributed by atoms with E-state index in [0.29, 0.717) is 30.8 Å². The van der Waals surface area contributed by atoms with Gasteiger partial charge in [-0.2, -0.15) is 0 Å². The first kappa shape index (κ1) is 21.6. The van der Waals surface area contributed by atoms with Crippen LogP contribution >= 0.6 is 0 Å². The maximum absolute atomic E-state index is 11.4. The lowest BCUT2D eigenvalue weighted by Gasteiger charge is -2.51. The Morgan fingerprint density at radius 3 is 2.76 bits per heavy atom. The van der Waals surface area contributed by atoms with Crippen molar-refractivity contribution < 1.29 is 19.4 Å². The molecule has 3 atom stereocenters. The first-order valence-electron chi connectivity index (χ1n) is 10.3. The molecule has 1 aromatic carbocycles. The number of allylic oxidation sites excluding steroid dienone is 1. The molecule has 1 saturated carbocycles. The molecule has 0 saturated heterocycles. The minimum absolute atomic E-state index is 0.0337. The van der Waals surface area contributed by atoms with Gasteiger partial charge in [-0.25, -0.2) is 4.79 Å². The molecule has 0 aliphatic heterocycles. The Morgan fingerprint density at radius 1 is 1.28 bits per heavy atom. The number of benzene rings is 1. The molecular weight excluding hydrogens is 368 g/mol. The van der Waals surface area contributed by atoms with Crippen LogP contribution in [0.1, 0.15) is 53.4 Å². The number of rotatable bonds is 6. The van der Waals surface area contributed by atoms with E-state index < -0.39 is 5.60 Å². The number of aliphatic hydroxyl groups is 2. The van der Waals surface area contributed by atoms with Crippen LogP contribution in [0.15, 0.2) is 51.2 Å². The van der Waals surface area contributed by atoms with Gasteiger partial charge in [0, 0.05) is 17.5 Å². The number of ether oxygens (including phenoxy) is 1. The van der Waals surface area contributed by atoms with Crippen molar-refractivity contribution >= 4 is 11.0 Å². The molecule has 1 fully saturated rings. The molecule has 2 aromatic rings. The van der Waals surface area contributed by atoms with Crippen molar-refractivity contribution in [3.63, 3.8) is 0 Å². The zero-order valence-corrected chi connectivity index (χ0v) is 17.8. The fourth-order valence-corrected chi connectivity index (χ4v) is 4.58. The Bertz CT molecular complexity index is 938. The Kier molecular flexibility index (Phi) is 6.20. The van der Waals surface area contributed by atoms with Crippen LogP contribution in [0.4, 0.5) is 0 Å². The lowest BCUT2D eigenvalue weighted by atomic mass is 9.59. The summed E-state index contributed by atoms with van der Waals surface area (Å²) >= 11 is 0. The lowest BCUT2D eigenvalue weighted by molar-refractivity contribution is -0.145. The van der Waals surface area contributed by atoms with Crippen molar-refractivity contribution in [2.24, 2.45) is 11.3 Å². The van der Waals surface area contributed by atoms with Crippen LogP contribution in [-0.4, -0.2) is 28.5 Å². The molecular formula is C24H32O5. The summed E-state index contributed by atoms with van der Waals surface area (Å²) < 4.78 is 11.0. The van der Waals surface area contributed by atoms with Gasteiger partial charge >= 0.3 is 5.63 Å². The number of aliphatic hydroxyl groups excluding tert-OH is 1. The molecule has 0 radical (unpaired) electrons. The Balaban J connectivity index is 1.58. The van der Waals surface area contributed by atoms with Gasteiger partial charge in [0.1, 0.15) is 17.9 Å². The van der Waals surface area contributed by atoms with E-state index in [2.05, 4.69) is 20.8 Å². The number of hydrogen-bond donors (Lipinski definition) is 2. The van der Waals surface area contributed by atoms with E-state index in [0.717, 1.165) is 18.2 Å². The molecule has 1 aliphatic carbocycles. The van der Waals surface area contributed by atoms with Crippen LogP contribution < -0.4 is 10.4 Å². The zero-order valence-electron chi connectivity index (χ0n) is 17.8. The highest BCUT2D eigenvalue weighted by Crippen LogP contribution is 2.48. The number of hydrogen-bond acceptors (Lipinski definition) is 5. The lowest BCUT2D eigenvalue weighted by Crippen LogP contribution is -2.53. The summed E-state index contributed by atoms with van der Waals surface area (Å²) in [5.41, 5.74) is 0.249. The Labute approximate surface area is 172 Å². The maximum atomic E-state index is 11.4. The third-order valence-corrected chi connectivity index (χ3v) is 6.54. The summed E-state index contributed by atoms with van der Waals surface area (Å²) in [5, 5.41) is 22.1. The minimum atomic E-state index is -0.755. The largest absolute Gasteiger partial charge is 0.489 e.